The van der Waals surface area contributed by atoms with Gasteiger partial charge in [0.25, 0.3) is 5.91 Å². The highest BCUT2D eigenvalue weighted by atomic mass is 35.5. The first-order valence-electron chi connectivity index (χ1n) is 10.9. The molecule has 2 aromatic carbocycles. The van der Waals surface area contributed by atoms with Gasteiger partial charge in [-0.25, -0.2) is 4.39 Å². The average Bonchev–Trinajstić information content (AvgIpc) is 3.16. The van der Waals surface area contributed by atoms with Gasteiger partial charge in [0.2, 0.25) is 0 Å². The van der Waals surface area contributed by atoms with E-state index in [-0.39, 0.29) is 24.0 Å². The van der Waals surface area contributed by atoms with Crippen molar-refractivity contribution in [2.24, 2.45) is 0 Å². The summed E-state index contributed by atoms with van der Waals surface area (Å²) in [6.45, 7) is 8.65. The summed E-state index contributed by atoms with van der Waals surface area (Å²) < 4.78 is 25.4. The molecule has 3 aromatic rings. The maximum Gasteiger partial charge on any atom is 0.276 e. The van der Waals surface area contributed by atoms with Gasteiger partial charge in [0, 0.05) is 43.3 Å². The van der Waals surface area contributed by atoms with Crippen LogP contribution in [0.25, 0.3) is 0 Å². The molecule has 0 radical (unpaired) electrons. The third-order valence-corrected chi connectivity index (χ3v) is 6.35. The average molecular weight is 472 g/mol. The molecule has 6 nitrogen and oxygen atoms in total. The molecule has 0 aliphatic carbocycles. The summed E-state index contributed by atoms with van der Waals surface area (Å²) in [7, 11) is 0. The smallest absolute Gasteiger partial charge is 0.276 e. The maximum absolute atomic E-state index is 14.1. The molecule has 0 saturated carbocycles. The quantitative estimate of drug-likeness (QED) is 0.510. The summed E-state index contributed by atoms with van der Waals surface area (Å²) in [5.41, 5.74) is 3.61. The number of carbonyl (C=O) groups excluding carboxylic acids is 1. The van der Waals surface area contributed by atoms with E-state index < -0.39 is 0 Å². The van der Waals surface area contributed by atoms with E-state index in [9.17, 15) is 9.18 Å². The number of piperazine rings is 1. The standard InChI is InChI=1S/C25H27ClFN3O3/c1-16-7-8-23(17(2)13-16)32-15-20-18(3)33-28-24(20)25(31)30-11-9-29(10-12-30)14-19-21(26)5-4-6-22(19)27/h4-8,13H,9-12,14-15H2,1-3H3. The van der Waals surface area contributed by atoms with Gasteiger partial charge in [-0.05, 0) is 44.5 Å². The van der Waals surface area contributed by atoms with Gasteiger partial charge >= 0.3 is 0 Å². The normalized spacial score (nSPS) is 14.5. The van der Waals surface area contributed by atoms with Crippen molar-refractivity contribution >= 4 is 17.5 Å². The molecule has 174 valence electrons. The number of hydrogen-bond acceptors (Lipinski definition) is 5. The van der Waals surface area contributed by atoms with Crippen LogP contribution in [-0.2, 0) is 13.2 Å². The van der Waals surface area contributed by atoms with E-state index in [0.717, 1.165) is 16.9 Å². The fraction of sp³-hybridized carbons (Fsp3) is 0.360. The molecule has 1 aliphatic rings. The van der Waals surface area contributed by atoms with Crippen LogP contribution in [0, 0.1) is 26.6 Å². The second-order valence-corrected chi connectivity index (χ2v) is 8.80. The predicted molar refractivity (Wildman–Crippen MR) is 124 cm³/mol. The Labute approximate surface area is 197 Å². The summed E-state index contributed by atoms with van der Waals surface area (Å²) in [5, 5.41) is 4.44. The molecule has 0 bridgehead atoms. The first-order chi connectivity index (χ1) is 15.8. The number of ether oxygens (including phenoxy) is 1. The molecule has 1 aromatic heterocycles. The second kappa shape index (κ2) is 9.93. The van der Waals surface area contributed by atoms with Gasteiger partial charge in [-0.3, -0.25) is 9.69 Å². The topological polar surface area (TPSA) is 58.8 Å². The molecule has 33 heavy (non-hydrogen) atoms. The Balaban J connectivity index is 1.39. The van der Waals surface area contributed by atoms with Gasteiger partial charge in [-0.1, -0.05) is 40.5 Å². The van der Waals surface area contributed by atoms with Crippen molar-refractivity contribution in [1.82, 2.24) is 15.0 Å². The third-order valence-electron chi connectivity index (χ3n) is 5.99. The molecule has 0 atom stereocenters. The monoisotopic (exact) mass is 471 g/mol. The number of hydrogen-bond donors (Lipinski definition) is 0. The van der Waals surface area contributed by atoms with Crippen molar-refractivity contribution < 1.29 is 18.4 Å². The first-order valence-corrected chi connectivity index (χ1v) is 11.3. The first kappa shape index (κ1) is 23.3. The van der Waals surface area contributed by atoms with E-state index in [1.807, 2.05) is 26.0 Å². The van der Waals surface area contributed by atoms with E-state index in [2.05, 4.69) is 16.1 Å². The largest absolute Gasteiger partial charge is 0.488 e. The van der Waals surface area contributed by atoms with Crippen molar-refractivity contribution in [3.63, 3.8) is 0 Å². The Bertz CT molecular complexity index is 1140. The van der Waals surface area contributed by atoms with Crippen LogP contribution in [0.1, 0.15) is 38.5 Å². The lowest BCUT2D eigenvalue weighted by Crippen LogP contribution is -2.48. The van der Waals surface area contributed by atoms with Gasteiger partial charge in [0.05, 0.1) is 5.56 Å². The Hall–Kier alpha value is -2.90. The van der Waals surface area contributed by atoms with Crippen LogP contribution in [0.2, 0.25) is 5.02 Å². The number of aryl methyl sites for hydroxylation is 3. The molecule has 2 heterocycles. The van der Waals surface area contributed by atoms with Crippen LogP contribution in [0.5, 0.6) is 5.75 Å². The van der Waals surface area contributed by atoms with Crippen molar-refractivity contribution in [1.29, 1.82) is 0 Å². The Morgan fingerprint density at radius 2 is 1.88 bits per heavy atom. The predicted octanol–water partition coefficient (Wildman–Crippen LogP) is 4.93. The van der Waals surface area contributed by atoms with Crippen LogP contribution in [0.4, 0.5) is 4.39 Å². The van der Waals surface area contributed by atoms with E-state index in [0.29, 0.717) is 54.6 Å². The Morgan fingerprint density at radius 1 is 1.12 bits per heavy atom. The third kappa shape index (κ3) is 5.20. The van der Waals surface area contributed by atoms with E-state index in [1.165, 1.54) is 6.07 Å². The fourth-order valence-electron chi connectivity index (χ4n) is 4.01. The minimum Gasteiger partial charge on any atom is -0.488 e. The molecule has 0 unspecified atom stereocenters. The highest BCUT2D eigenvalue weighted by Gasteiger charge is 2.28. The van der Waals surface area contributed by atoms with Gasteiger partial charge in [0.15, 0.2) is 5.69 Å². The lowest BCUT2D eigenvalue weighted by molar-refractivity contribution is 0.0615. The second-order valence-electron chi connectivity index (χ2n) is 8.39. The molecule has 8 heteroatoms. The van der Waals surface area contributed by atoms with Crippen molar-refractivity contribution in [3.8, 4) is 5.75 Å². The number of halogens is 2. The number of aromatic nitrogens is 1. The minimum atomic E-state index is -0.312. The van der Waals surface area contributed by atoms with Crippen molar-refractivity contribution in [2.45, 2.75) is 33.9 Å². The van der Waals surface area contributed by atoms with Gasteiger partial charge in [-0.15, -0.1) is 0 Å². The molecule has 1 amide bonds. The zero-order chi connectivity index (χ0) is 23.5. The van der Waals surface area contributed by atoms with E-state index in [4.69, 9.17) is 20.9 Å². The van der Waals surface area contributed by atoms with Gasteiger partial charge < -0.3 is 14.2 Å². The van der Waals surface area contributed by atoms with Crippen molar-refractivity contribution in [2.75, 3.05) is 26.2 Å². The lowest BCUT2D eigenvalue weighted by Gasteiger charge is -2.34. The molecular weight excluding hydrogens is 445 g/mol. The highest BCUT2D eigenvalue weighted by Crippen LogP contribution is 2.24. The van der Waals surface area contributed by atoms with Gasteiger partial charge in [-0.2, -0.15) is 0 Å². The van der Waals surface area contributed by atoms with Crippen LogP contribution in [-0.4, -0.2) is 47.0 Å². The Morgan fingerprint density at radius 3 is 2.58 bits per heavy atom. The minimum absolute atomic E-state index is 0.186. The number of carbonyl (C=O) groups is 1. The lowest BCUT2D eigenvalue weighted by atomic mass is 10.1. The summed E-state index contributed by atoms with van der Waals surface area (Å²) in [6.07, 6.45) is 0. The van der Waals surface area contributed by atoms with Crippen LogP contribution in [0.15, 0.2) is 40.9 Å². The van der Waals surface area contributed by atoms with E-state index >= 15 is 0 Å². The van der Waals surface area contributed by atoms with Crippen LogP contribution < -0.4 is 4.74 Å². The number of benzene rings is 2. The van der Waals surface area contributed by atoms with Crippen molar-refractivity contribution in [3.05, 3.63) is 80.9 Å². The Kier molecular flexibility index (Phi) is 7.00. The van der Waals surface area contributed by atoms with E-state index in [1.54, 1.807) is 24.0 Å². The summed E-state index contributed by atoms with van der Waals surface area (Å²) in [5.74, 6) is 0.832. The summed E-state index contributed by atoms with van der Waals surface area (Å²) >= 11 is 6.16. The zero-order valence-electron chi connectivity index (χ0n) is 19.0. The molecule has 1 aliphatic heterocycles. The maximum atomic E-state index is 14.1. The number of nitrogens with zero attached hydrogens (tertiary/aromatic N) is 3. The summed E-state index contributed by atoms with van der Waals surface area (Å²) in [6, 6.07) is 10.7. The molecular formula is C25H27ClFN3O3. The molecule has 0 N–H and O–H groups in total. The van der Waals surface area contributed by atoms with Crippen LogP contribution >= 0.6 is 11.6 Å². The molecule has 4 rings (SSSR count). The highest BCUT2D eigenvalue weighted by molar-refractivity contribution is 6.31. The van der Waals surface area contributed by atoms with Crippen LogP contribution in [0.3, 0.4) is 0 Å². The fourth-order valence-corrected chi connectivity index (χ4v) is 4.23. The van der Waals surface area contributed by atoms with Gasteiger partial charge in [0.1, 0.15) is 23.9 Å². The number of amides is 1. The number of rotatable bonds is 6. The molecule has 0 spiro atoms. The zero-order valence-corrected chi connectivity index (χ0v) is 19.8. The molecule has 1 fully saturated rings. The SMILES string of the molecule is Cc1ccc(OCc2c(C(=O)N3CCN(Cc4c(F)cccc4Cl)CC3)noc2C)c(C)c1. The molecule has 1 saturated heterocycles. The summed E-state index contributed by atoms with van der Waals surface area (Å²) in [4.78, 5) is 17.0.